The molecule has 19 heavy (non-hydrogen) atoms. The van der Waals surface area contributed by atoms with Crippen LogP contribution in [0, 0.1) is 0 Å². The second kappa shape index (κ2) is 5.89. The summed E-state index contributed by atoms with van der Waals surface area (Å²) in [6, 6.07) is 3.81. The monoisotopic (exact) mass is 280 g/mol. The van der Waals surface area contributed by atoms with E-state index in [2.05, 4.69) is 20.6 Å². The molecule has 4 N–H and O–H groups in total. The van der Waals surface area contributed by atoms with E-state index in [1.54, 1.807) is 16.8 Å². The van der Waals surface area contributed by atoms with E-state index < -0.39 is 0 Å². The molecule has 0 aliphatic rings. The number of rotatable bonds is 5. The van der Waals surface area contributed by atoms with E-state index in [4.69, 9.17) is 5.84 Å². The van der Waals surface area contributed by atoms with Crippen LogP contribution in [0.2, 0.25) is 0 Å². The highest BCUT2D eigenvalue weighted by Gasteiger charge is 2.11. The second-order valence-electron chi connectivity index (χ2n) is 4.26. The van der Waals surface area contributed by atoms with Gasteiger partial charge in [-0.2, -0.15) is 0 Å². The van der Waals surface area contributed by atoms with Crippen LogP contribution in [0.25, 0.3) is 0 Å². The van der Waals surface area contributed by atoms with Crippen molar-refractivity contribution in [3.63, 3.8) is 0 Å². The quantitative estimate of drug-likeness (QED) is 0.431. The van der Waals surface area contributed by atoms with E-state index in [0.717, 1.165) is 5.56 Å². The summed E-state index contributed by atoms with van der Waals surface area (Å²) in [5.74, 6) is 6.56. The van der Waals surface area contributed by atoms with Crippen LogP contribution in [0.1, 0.15) is 25.5 Å². The maximum absolute atomic E-state index is 11.6. The number of nitrogens with one attached hydrogen (secondary N) is 2. The van der Waals surface area contributed by atoms with Gasteiger partial charge < -0.3 is 5.43 Å². The molecule has 0 unspecified atom stereocenters. The van der Waals surface area contributed by atoms with Crippen LogP contribution >= 0.6 is 11.8 Å². The van der Waals surface area contributed by atoms with Crippen molar-refractivity contribution in [3.8, 4) is 0 Å². The third-order valence-electron chi connectivity index (χ3n) is 2.53. The molecular weight excluding hydrogens is 264 g/mol. The lowest BCUT2D eigenvalue weighted by Gasteiger charge is -2.08. The number of hydrogen-bond acceptors (Lipinski definition) is 6. The molecule has 2 aromatic rings. The third kappa shape index (κ3) is 3.15. The Kier molecular flexibility index (Phi) is 4.23. The zero-order valence-corrected chi connectivity index (χ0v) is 11.6. The molecule has 2 heterocycles. The molecule has 0 bridgehead atoms. The molecule has 0 radical (unpaired) electrons. The van der Waals surface area contributed by atoms with E-state index in [-0.39, 0.29) is 11.7 Å². The van der Waals surface area contributed by atoms with Crippen LogP contribution in [-0.2, 0) is 5.75 Å². The molecule has 0 saturated heterocycles. The summed E-state index contributed by atoms with van der Waals surface area (Å²) in [4.78, 5) is 15.7. The van der Waals surface area contributed by atoms with Crippen LogP contribution in [0.4, 0.5) is 5.82 Å². The maximum Gasteiger partial charge on any atom is 0.344 e. The van der Waals surface area contributed by atoms with Crippen molar-refractivity contribution in [2.45, 2.75) is 30.8 Å². The lowest BCUT2D eigenvalue weighted by Crippen LogP contribution is -2.19. The van der Waals surface area contributed by atoms with Gasteiger partial charge in [-0.1, -0.05) is 17.8 Å². The van der Waals surface area contributed by atoms with Gasteiger partial charge in [0.1, 0.15) is 5.82 Å². The van der Waals surface area contributed by atoms with Crippen molar-refractivity contribution in [3.05, 3.63) is 34.4 Å². The average molecular weight is 280 g/mol. The molecule has 0 saturated carbocycles. The molecule has 2 rings (SSSR count). The summed E-state index contributed by atoms with van der Waals surface area (Å²) in [6.07, 6.45) is 1.74. The van der Waals surface area contributed by atoms with Crippen molar-refractivity contribution in [1.82, 2.24) is 19.7 Å². The van der Waals surface area contributed by atoms with Crippen LogP contribution in [0.15, 0.2) is 28.3 Å². The topological polar surface area (TPSA) is 102 Å². The molecule has 0 fully saturated rings. The predicted molar refractivity (Wildman–Crippen MR) is 74.8 cm³/mol. The number of nitrogen functional groups attached to an aromatic ring is 1. The van der Waals surface area contributed by atoms with E-state index in [1.807, 2.05) is 19.9 Å². The smallest absolute Gasteiger partial charge is 0.308 e. The van der Waals surface area contributed by atoms with Crippen LogP contribution in [-0.4, -0.2) is 19.7 Å². The van der Waals surface area contributed by atoms with Gasteiger partial charge in [0.2, 0.25) is 0 Å². The first-order chi connectivity index (χ1) is 9.11. The highest BCUT2D eigenvalue weighted by atomic mass is 32.2. The Balaban J connectivity index is 2.08. The SMILES string of the molecule is CC(C)n1c(SCc2ccc(NN)nc2)n[nH]c1=O. The van der Waals surface area contributed by atoms with Gasteiger partial charge >= 0.3 is 5.69 Å². The first-order valence-corrected chi connectivity index (χ1v) is 6.81. The van der Waals surface area contributed by atoms with Crippen molar-refractivity contribution >= 4 is 17.6 Å². The first kappa shape index (κ1) is 13.6. The van der Waals surface area contributed by atoms with Crippen molar-refractivity contribution < 1.29 is 0 Å². The second-order valence-corrected chi connectivity index (χ2v) is 5.20. The van der Waals surface area contributed by atoms with Crippen molar-refractivity contribution in [2.24, 2.45) is 5.84 Å². The Morgan fingerprint density at radius 1 is 1.53 bits per heavy atom. The normalized spacial score (nSPS) is 10.9. The molecule has 102 valence electrons. The minimum atomic E-state index is -0.182. The number of anilines is 1. The summed E-state index contributed by atoms with van der Waals surface area (Å²) in [6.45, 7) is 3.90. The number of hydrogen-bond donors (Lipinski definition) is 3. The van der Waals surface area contributed by atoms with Gasteiger partial charge in [-0.25, -0.2) is 20.7 Å². The Hall–Kier alpha value is -1.80. The summed E-state index contributed by atoms with van der Waals surface area (Å²) >= 11 is 1.49. The molecule has 8 heteroatoms. The number of aromatic nitrogens is 4. The minimum Gasteiger partial charge on any atom is -0.308 e. The fourth-order valence-electron chi connectivity index (χ4n) is 1.59. The molecule has 0 atom stereocenters. The van der Waals surface area contributed by atoms with Crippen LogP contribution < -0.4 is 17.0 Å². The lowest BCUT2D eigenvalue weighted by molar-refractivity contribution is 0.534. The number of nitrogens with two attached hydrogens (primary N) is 1. The first-order valence-electron chi connectivity index (χ1n) is 5.83. The van der Waals surface area contributed by atoms with Crippen molar-refractivity contribution in [1.29, 1.82) is 0 Å². The van der Waals surface area contributed by atoms with E-state index in [1.165, 1.54) is 11.8 Å². The van der Waals surface area contributed by atoms with Gasteiger partial charge in [0.05, 0.1) is 0 Å². The Morgan fingerprint density at radius 3 is 2.89 bits per heavy atom. The maximum atomic E-state index is 11.6. The largest absolute Gasteiger partial charge is 0.344 e. The molecule has 0 aliphatic carbocycles. The zero-order valence-electron chi connectivity index (χ0n) is 10.8. The van der Waals surface area contributed by atoms with Crippen LogP contribution in [0.3, 0.4) is 0 Å². The number of aromatic amines is 1. The Bertz CT molecular complexity index is 588. The standard InChI is InChI=1S/C11H16N6OS/c1-7(2)17-10(18)15-16-11(17)19-6-8-3-4-9(14-12)13-5-8/h3-5,7H,6,12H2,1-2H3,(H,13,14)(H,15,18). The van der Waals surface area contributed by atoms with Gasteiger partial charge in [-0.15, -0.1) is 5.10 Å². The van der Waals surface area contributed by atoms with Gasteiger partial charge in [0.25, 0.3) is 0 Å². The minimum absolute atomic E-state index is 0.0793. The summed E-state index contributed by atoms with van der Waals surface area (Å²) < 4.78 is 1.63. The number of hydrazine groups is 1. The fraction of sp³-hybridized carbons (Fsp3) is 0.364. The predicted octanol–water partition coefficient (Wildman–Crippen LogP) is 1.13. The summed E-state index contributed by atoms with van der Waals surface area (Å²) in [5.41, 5.74) is 3.33. The highest BCUT2D eigenvalue weighted by molar-refractivity contribution is 7.98. The van der Waals surface area contributed by atoms with E-state index in [9.17, 15) is 4.79 Å². The highest BCUT2D eigenvalue weighted by Crippen LogP contribution is 2.21. The van der Waals surface area contributed by atoms with Gasteiger partial charge in [-0.05, 0) is 25.5 Å². The molecule has 2 aromatic heterocycles. The Morgan fingerprint density at radius 2 is 2.32 bits per heavy atom. The third-order valence-corrected chi connectivity index (χ3v) is 3.55. The number of pyridine rings is 1. The molecular formula is C11H16N6OS. The molecule has 7 nitrogen and oxygen atoms in total. The number of thioether (sulfide) groups is 1. The van der Waals surface area contributed by atoms with Crippen molar-refractivity contribution in [2.75, 3.05) is 5.43 Å². The molecule has 0 aromatic carbocycles. The zero-order chi connectivity index (χ0) is 13.8. The van der Waals surface area contributed by atoms with E-state index >= 15 is 0 Å². The molecule has 0 spiro atoms. The Labute approximate surface area is 114 Å². The van der Waals surface area contributed by atoms with Gasteiger partial charge in [0, 0.05) is 18.0 Å². The molecule has 0 aliphatic heterocycles. The number of nitrogens with zero attached hydrogens (tertiary/aromatic N) is 3. The molecule has 0 amide bonds. The number of H-pyrrole nitrogens is 1. The fourth-order valence-corrected chi connectivity index (χ4v) is 2.60. The van der Waals surface area contributed by atoms with Gasteiger partial charge in [0.15, 0.2) is 5.16 Å². The van der Waals surface area contributed by atoms with Gasteiger partial charge in [-0.3, -0.25) is 4.57 Å². The summed E-state index contributed by atoms with van der Waals surface area (Å²) in [5, 5.41) is 7.17. The lowest BCUT2D eigenvalue weighted by atomic mass is 10.3. The summed E-state index contributed by atoms with van der Waals surface area (Å²) in [7, 11) is 0. The van der Waals surface area contributed by atoms with Crippen LogP contribution in [0.5, 0.6) is 0 Å². The average Bonchev–Trinajstić information content (AvgIpc) is 2.78. The van der Waals surface area contributed by atoms with E-state index in [0.29, 0.717) is 16.7 Å².